The van der Waals surface area contributed by atoms with Gasteiger partial charge in [0.05, 0.1) is 10.9 Å². The van der Waals surface area contributed by atoms with Gasteiger partial charge in [-0.15, -0.1) is 0 Å². The van der Waals surface area contributed by atoms with Crippen LogP contribution in [0, 0.1) is 5.82 Å². The van der Waals surface area contributed by atoms with E-state index in [0.717, 1.165) is 0 Å². The van der Waals surface area contributed by atoms with Gasteiger partial charge in [-0.1, -0.05) is 6.92 Å². The van der Waals surface area contributed by atoms with Crippen molar-refractivity contribution in [3.8, 4) is 5.75 Å². The van der Waals surface area contributed by atoms with Gasteiger partial charge in [-0.2, -0.15) is 0 Å². The number of aromatic hydroxyl groups is 1. The van der Waals surface area contributed by atoms with E-state index in [2.05, 4.69) is 15.9 Å². The summed E-state index contributed by atoms with van der Waals surface area (Å²) in [6.45, 7) is 1.55. The molecule has 0 aliphatic heterocycles. The molecule has 0 radical (unpaired) electrons. The quantitative estimate of drug-likeness (QED) is 0.893. The molecule has 1 atom stereocenters. The van der Waals surface area contributed by atoms with Gasteiger partial charge in [-0.3, -0.25) is 4.79 Å². The molecule has 0 bridgehead atoms. The molecule has 1 rings (SSSR count). The second-order valence-electron chi connectivity index (χ2n) is 3.29. The standard InChI is InChI=1S/C10H10BrFO3/c1-5(4-8(14)15)9-7(13)3-2-6(11)10(9)12/h2-3,5,13H,4H2,1H3,(H,14,15). The molecule has 0 aromatic heterocycles. The second-order valence-corrected chi connectivity index (χ2v) is 4.15. The number of rotatable bonds is 3. The molecule has 15 heavy (non-hydrogen) atoms. The van der Waals surface area contributed by atoms with Gasteiger partial charge in [0.1, 0.15) is 11.6 Å². The van der Waals surface area contributed by atoms with E-state index in [1.165, 1.54) is 12.1 Å². The summed E-state index contributed by atoms with van der Waals surface area (Å²) in [7, 11) is 0. The number of phenolic OH excluding ortho intramolecular Hbond substituents is 1. The number of hydrogen-bond acceptors (Lipinski definition) is 2. The van der Waals surface area contributed by atoms with Crippen LogP contribution in [0.15, 0.2) is 16.6 Å². The van der Waals surface area contributed by atoms with E-state index >= 15 is 0 Å². The highest BCUT2D eigenvalue weighted by Gasteiger charge is 2.20. The summed E-state index contributed by atoms with van der Waals surface area (Å²) in [5.41, 5.74) is 0.0341. The van der Waals surface area contributed by atoms with Gasteiger partial charge >= 0.3 is 5.97 Å². The third-order valence-corrected chi connectivity index (χ3v) is 2.70. The highest BCUT2D eigenvalue weighted by atomic mass is 79.9. The van der Waals surface area contributed by atoms with Crippen molar-refractivity contribution in [2.24, 2.45) is 0 Å². The van der Waals surface area contributed by atoms with Gasteiger partial charge in [-0.25, -0.2) is 4.39 Å². The SMILES string of the molecule is CC(CC(=O)O)c1c(O)ccc(Br)c1F. The summed E-state index contributed by atoms with van der Waals surface area (Å²) in [4.78, 5) is 10.5. The summed E-state index contributed by atoms with van der Waals surface area (Å²) in [6.07, 6.45) is -0.221. The van der Waals surface area contributed by atoms with Crippen LogP contribution in [0.4, 0.5) is 4.39 Å². The Labute approximate surface area is 94.7 Å². The Kier molecular flexibility index (Phi) is 3.68. The van der Waals surface area contributed by atoms with Crippen LogP contribution in [-0.2, 0) is 4.79 Å². The number of aliphatic carboxylic acids is 1. The van der Waals surface area contributed by atoms with E-state index in [4.69, 9.17) is 5.11 Å². The predicted molar refractivity (Wildman–Crippen MR) is 56.4 cm³/mol. The Morgan fingerprint density at radius 1 is 1.60 bits per heavy atom. The minimum atomic E-state index is -1.03. The number of phenols is 1. The zero-order chi connectivity index (χ0) is 11.6. The van der Waals surface area contributed by atoms with Crippen LogP contribution in [0.2, 0.25) is 0 Å². The number of benzene rings is 1. The van der Waals surface area contributed by atoms with Gasteiger partial charge in [0.15, 0.2) is 0 Å². The molecule has 5 heteroatoms. The minimum Gasteiger partial charge on any atom is -0.508 e. The first-order valence-corrected chi connectivity index (χ1v) is 5.11. The number of hydrogen-bond donors (Lipinski definition) is 2. The Morgan fingerprint density at radius 3 is 2.73 bits per heavy atom. The Hall–Kier alpha value is -1.10. The Morgan fingerprint density at radius 2 is 2.20 bits per heavy atom. The van der Waals surface area contributed by atoms with Crippen molar-refractivity contribution in [2.45, 2.75) is 19.3 Å². The first-order chi connectivity index (χ1) is 6.93. The van der Waals surface area contributed by atoms with Crippen molar-refractivity contribution < 1.29 is 19.4 Å². The summed E-state index contributed by atoms with van der Waals surface area (Å²) in [6, 6.07) is 2.71. The molecule has 0 aliphatic rings. The fourth-order valence-corrected chi connectivity index (χ4v) is 1.73. The van der Waals surface area contributed by atoms with Gasteiger partial charge in [0, 0.05) is 5.56 Å². The fourth-order valence-electron chi connectivity index (χ4n) is 1.39. The number of carboxylic acid groups (broad SMARTS) is 1. The molecule has 1 aromatic carbocycles. The fraction of sp³-hybridized carbons (Fsp3) is 0.300. The van der Waals surface area contributed by atoms with Crippen molar-refractivity contribution in [3.63, 3.8) is 0 Å². The lowest BCUT2D eigenvalue weighted by atomic mass is 9.96. The van der Waals surface area contributed by atoms with Gasteiger partial charge in [0.2, 0.25) is 0 Å². The van der Waals surface area contributed by atoms with Gasteiger partial charge in [0.25, 0.3) is 0 Å². The highest BCUT2D eigenvalue weighted by Crippen LogP contribution is 2.34. The van der Waals surface area contributed by atoms with E-state index < -0.39 is 17.7 Å². The summed E-state index contributed by atoms with van der Waals surface area (Å²) in [5.74, 6) is -2.42. The maximum atomic E-state index is 13.6. The topological polar surface area (TPSA) is 57.5 Å². The zero-order valence-corrected chi connectivity index (χ0v) is 9.58. The van der Waals surface area contributed by atoms with E-state index in [1.807, 2.05) is 0 Å². The zero-order valence-electron chi connectivity index (χ0n) is 8.00. The summed E-state index contributed by atoms with van der Waals surface area (Å²) in [5, 5.41) is 18.0. The van der Waals surface area contributed by atoms with Crippen molar-refractivity contribution in [1.29, 1.82) is 0 Å². The second kappa shape index (κ2) is 4.61. The molecule has 0 heterocycles. The van der Waals surface area contributed by atoms with Crippen LogP contribution in [0.3, 0.4) is 0 Å². The van der Waals surface area contributed by atoms with Crippen molar-refractivity contribution in [1.82, 2.24) is 0 Å². The van der Waals surface area contributed by atoms with Crippen LogP contribution in [0.5, 0.6) is 5.75 Å². The lowest BCUT2D eigenvalue weighted by molar-refractivity contribution is -0.137. The largest absolute Gasteiger partial charge is 0.508 e. The first-order valence-electron chi connectivity index (χ1n) is 4.32. The summed E-state index contributed by atoms with van der Waals surface area (Å²) >= 11 is 2.98. The van der Waals surface area contributed by atoms with E-state index in [9.17, 15) is 14.3 Å². The lowest BCUT2D eigenvalue weighted by Crippen LogP contribution is -2.05. The van der Waals surface area contributed by atoms with E-state index in [0.29, 0.717) is 0 Å². The molecule has 0 saturated heterocycles. The molecule has 0 aliphatic carbocycles. The molecule has 0 amide bonds. The molecular weight excluding hydrogens is 267 g/mol. The average Bonchev–Trinajstić information content (AvgIpc) is 2.11. The normalized spacial score (nSPS) is 12.5. The number of carbonyl (C=O) groups is 1. The highest BCUT2D eigenvalue weighted by molar-refractivity contribution is 9.10. The molecule has 0 saturated carbocycles. The first kappa shape index (κ1) is 12.0. The minimum absolute atomic E-state index is 0.0341. The molecule has 1 aromatic rings. The smallest absolute Gasteiger partial charge is 0.303 e. The van der Waals surface area contributed by atoms with Crippen LogP contribution < -0.4 is 0 Å². The predicted octanol–water partition coefficient (Wildman–Crippen LogP) is 2.87. The Bertz CT molecular complexity index is 392. The van der Waals surface area contributed by atoms with E-state index in [-0.39, 0.29) is 22.2 Å². The van der Waals surface area contributed by atoms with Crippen molar-refractivity contribution in [3.05, 3.63) is 28.0 Å². The molecular formula is C10H10BrFO3. The summed E-state index contributed by atoms with van der Waals surface area (Å²) < 4.78 is 13.8. The molecule has 3 nitrogen and oxygen atoms in total. The monoisotopic (exact) mass is 276 g/mol. The lowest BCUT2D eigenvalue weighted by Gasteiger charge is -2.13. The molecule has 0 fully saturated rings. The Balaban J connectivity index is 3.12. The van der Waals surface area contributed by atoms with Crippen LogP contribution in [0.25, 0.3) is 0 Å². The van der Waals surface area contributed by atoms with Gasteiger partial charge < -0.3 is 10.2 Å². The van der Waals surface area contributed by atoms with Crippen LogP contribution in [0.1, 0.15) is 24.8 Å². The van der Waals surface area contributed by atoms with Gasteiger partial charge in [-0.05, 0) is 34.0 Å². The third-order valence-electron chi connectivity index (χ3n) is 2.08. The third kappa shape index (κ3) is 2.68. The molecule has 1 unspecified atom stereocenters. The van der Waals surface area contributed by atoms with Crippen LogP contribution in [-0.4, -0.2) is 16.2 Å². The average molecular weight is 277 g/mol. The number of carboxylic acids is 1. The molecule has 2 N–H and O–H groups in total. The number of halogens is 2. The molecule has 82 valence electrons. The molecule has 0 spiro atoms. The van der Waals surface area contributed by atoms with E-state index in [1.54, 1.807) is 6.92 Å². The van der Waals surface area contributed by atoms with Crippen molar-refractivity contribution >= 4 is 21.9 Å². The van der Waals surface area contributed by atoms with Crippen molar-refractivity contribution in [2.75, 3.05) is 0 Å². The van der Waals surface area contributed by atoms with Crippen LogP contribution >= 0.6 is 15.9 Å². The maximum Gasteiger partial charge on any atom is 0.303 e. The maximum absolute atomic E-state index is 13.6.